The van der Waals surface area contributed by atoms with Crippen molar-refractivity contribution in [1.29, 1.82) is 0 Å². The number of aromatic nitrogens is 2. The molecular formula is C29H29F3N6O3. The fraction of sp³-hybridized carbons (Fsp3) is 0.172. The highest BCUT2D eigenvalue weighted by atomic mass is 19.4. The van der Waals surface area contributed by atoms with Crippen molar-refractivity contribution in [3.63, 3.8) is 0 Å². The number of alkyl halides is 3. The fourth-order valence-corrected chi connectivity index (χ4v) is 3.62. The van der Waals surface area contributed by atoms with E-state index < -0.39 is 11.7 Å². The molecule has 4 aromatic rings. The molecule has 9 nitrogen and oxygen atoms in total. The van der Waals surface area contributed by atoms with Crippen molar-refractivity contribution in [3.05, 3.63) is 101 Å². The highest BCUT2D eigenvalue weighted by molar-refractivity contribution is 6.07. The molecule has 3 amide bonds. The third-order valence-electron chi connectivity index (χ3n) is 5.99. The monoisotopic (exact) mass is 566 g/mol. The molecule has 0 aliphatic rings. The van der Waals surface area contributed by atoms with Crippen LogP contribution >= 0.6 is 0 Å². The second kappa shape index (κ2) is 13.3. The van der Waals surface area contributed by atoms with Crippen LogP contribution in [0.2, 0.25) is 0 Å². The average molecular weight is 567 g/mol. The molecule has 0 atom stereocenters. The predicted molar refractivity (Wildman–Crippen MR) is 152 cm³/mol. The Kier molecular flexibility index (Phi) is 9.86. The number of carbonyl (C=O) groups is 3. The first-order valence-corrected chi connectivity index (χ1v) is 12.3. The van der Waals surface area contributed by atoms with Crippen molar-refractivity contribution >= 4 is 41.0 Å². The molecule has 0 aliphatic heterocycles. The Balaban J connectivity index is 0.000000298. The lowest BCUT2D eigenvalue weighted by Gasteiger charge is -2.13. The zero-order valence-electron chi connectivity index (χ0n) is 22.8. The van der Waals surface area contributed by atoms with Gasteiger partial charge in [-0.2, -0.15) is 13.2 Å². The molecule has 4 rings (SSSR count). The summed E-state index contributed by atoms with van der Waals surface area (Å²) in [5.41, 5.74) is 4.30. The van der Waals surface area contributed by atoms with Crippen molar-refractivity contribution in [2.75, 3.05) is 28.3 Å². The lowest BCUT2D eigenvalue weighted by atomic mass is 10.1. The second-order valence-corrected chi connectivity index (χ2v) is 8.95. The molecular weight excluding hydrogens is 537 g/mol. The molecule has 1 heterocycles. The summed E-state index contributed by atoms with van der Waals surface area (Å²) in [6.45, 7) is 3.81. The quantitative estimate of drug-likeness (QED) is 0.209. The van der Waals surface area contributed by atoms with Gasteiger partial charge < -0.3 is 25.8 Å². The number of aryl methyl sites for hydroxylation is 3. The van der Waals surface area contributed by atoms with Gasteiger partial charge in [0.15, 0.2) is 0 Å². The van der Waals surface area contributed by atoms with Crippen LogP contribution in [0.5, 0.6) is 0 Å². The molecule has 1 aromatic heterocycles. The SMILES string of the molecule is CNc1ccc(C)c(NC(=O)c2ccc(C)c(NC(=O)c3cncn3C)c2)c1.O=CNc1cccc(C(F)(F)F)c1. The third kappa shape index (κ3) is 8.18. The van der Waals surface area contributed by atoms with Gasteiger partial charge in [0.1, 0.15) is 5.69 Å². The summed E-state index contributed by atoms with van der Waals surface area (Å²) in [6.07, 6.45) is -0.984. The zero-order chi connectivity index (χ0) is 30.2. The van der Waals surface area contributed by atoms with Crippen molar-refractivity contribution < 1.29 is 27.6 Å². The number of hydrogen-bond acceptors (Lipinski definition) is 5. The topological polar surface area (TPSA) is 117 Å². The Bertz CT molecular complexity index is 1550. The van der Waals surface area contributed by atoms with Gasteiger partial charge in [0.2, 0.25) is 6.41 Å². The minimum Gasteiger partial charge on any atom is -0.388 e. The number of halogens is 3. The summed E-state index contributed by atoms with van der Waals surface area (Å²) >= 11 is 0. The van der Waals surface area contributed by atoms with Gasteiger partial charge in [0.25, 0.3) is 11.8 Å². The molecule has 0 fully saturated rings. The van der Waals surface area contributed by atoms with Crippen molar-refractivity contribution in [3.8, 4) is 0 Å². The number of anilines is 4. The largest absolute Gasteiger partial charge is 0.416 e. The standard InChI is InChI=1S/C21H23N5O2.C8H6F3NO/c1-13-5-7-15(9-17(13)25-21(28)19-11-23-12-26(19)4)20(27)24-18-10-16(22-3)8-6-14(18)2;9-8(10,11)6-2-1-3-7(4-6)12-5-13/h5-12,22H,1-4H3,(H,24,27)(H,25,28);1-5H,(H,12,13). The van der Waals surface area contributed by atoms with E-state index in [-0.39, 0.29) is 17.5 Å². The maximum atomic E-state index is 12.7. The lowest BCUT2D eigenvalue weighted by molar-refractivity contribution is -0.137. The van der Waals surface area contributed by atoms with Gasteiger partial charge in [0.05, 0.1) is 18.1 Å². The highest BCUT2D eigenvalue weighted by Crippen LogP contribution is 2.30. The normalized spacial score (nSPS) is 10.6. The highest BCUT2D eigenvalue weighted by Gasteiger charge is 2.30. The van der Waals surface area contributed by atoms with Crippen LogP contribution in [0.3, 0.4) is 0 Å². The lowest BCUT2D eigenvalue weighted by Crippen LogP contribution is -2.17. The summed E-state index contributed by atoms with van der Waals surface area (Å²) < 4.78 is 37.9. The summed E-state index contributed by atoms with van der Waals surface area (Å²) in [7, 11) is 3.58. The van der Waals surface area contributed by atoms with Crippen molar-refractivity contribution in [2.45, 2.75) is 20.0 Å². The number of rotatable bonds is 7. The number of nitrogens with zero attached hydrogens (tertiary/aromatic N) is 2. The van der Waals surface area contributed by atoms with Gasteiger partial charge in [-0.05, 0) is 67.4 Å². The Hall–Kier alpha value is -5.13. The van der Waals surface area contributed by atoms with E-state index in [9.17, 15) is 27.6 Å². The number of amides is 3. The van der Waals surface area contributed by atoms with E-state index in [1.54, 1.807) is 30.1 Å². The number of carbonyl (C=O) groups excluding carboxylic acids is 3. The van der Waals surface area contributed by atoms with Crippen LogP contribution in [-0.2, 0) is 18.0 Å². The molecule has 0 radical (unpaired) electrons. The van der Waals surface area contributed by atoms with E-state index in [1.807, 2.05) is 45.2 Å². The molecule has 0 aliphatic carbocycles. The summed E-state index contributed by atoms with van der Waals surface area (Å²) in [4.78, 5) is 39.1. The maximum Gasteiger partial charge on any atom is 0.416 e. The Morgan fingerprint density at radius 1 is 0.878 bits per heavy atom. The number of nitrogens with one attached hydrogen (secondary N) is 4. The van der Waals surface area contributed by atoms with Gasteiger partial charge in [-0.1, -0.05) is 18.2 Å². The Labute approximate surface area is 234 Å². The molecule has 0 bridgehead atoms. The molecule has 41 heavy (non-hydrogen) atoms. The summed E-state index contributed by atoms with van der Waals surface area (Å²) in [5.74, 6) is -0.523. The first-order chi connectivity index (χ1) is 19.4. The third-order valence-corrected chi connectivity index (χ3v) is 5.99. The van der Waals surface area contributed by atoms with Crippen LogP contribution in [0.1, 0.15) is 37.5 Å². The molecule has 12 heteroatoms. The van der Waals surface area contributed by atoms with E-state index in [0.29, 0.717) is 23.4 Å². The van der Waals surface area contributed by atoms with Crippen LogP contribution in [-0.4, -0.2) is 34.8 Å². The maximum absolute atomic E-state index is 12.7. The second-order valence-electron chi connectivity index (χ2n) is 8.95. The smallest absolute Gasteiger partial charge is 0.388 e. The van der Waals surface area contributed by atoms with Gasteiger partial charge in [-0.15, -0.1) is 0 Å². The van der Waals surface area contributed by atoms with Gasteiger partial charge >= 0.3 is 6.18 Å². The Morgan fingerprint density at radius 2 is 1.54 bits per heavy atom. The van der Waals surface area contributed by atoms with Crippen LogP contribution in [0.15, 0.2) is 73.2 Å². The van der Waals surface area contributed by atoms with Crippen LogP contribution in [0.4, 0.5) is 35.9 Å². The van der Waals surface area contributed by atoms with Crippen molar-refractivity contribution in [2.24, 2.45) is 7.05 Å². The molecule has 0 saturated carbocycles. The molecule has 3 aromatic carbocycles. The van der Waals surface area contributed by atoms with Gasteiger partial charge in [-0.3, -0.25) is 14.4 Å². The minimum atomic E-state index is -4.37. The zero-order valence-corrected chi connectivity index (χ0v) is 22.8. The minimum absolute atomic E-state index is 0.129. The van der Waals surface area contributed by atoms with E-state index in [2.05, 4.69) is 26.3 Å². The molecule has 4 N–H and O–H groups in total. The number of benzene rings is 3. The van der Waals surface area contributed by atoms with E-state index in [4.69, 9.17) is 0 Å². The summed E-state index contributed by atoms with van der Waals surface area (Å²) in [5, 5.41) is 11.0. The van der Waals surface area contributed by atoms with Crippen LogP contribution in [0, 0.1) is 13.8 Å². The summed E-state index contributed by atoms with van der Waals surface area (Å²) in [6, 6.07) is 15.4. The number of hydrogen-bond donors (Lipinski definition) is 4. The molecule has 0 spiro atoms. The molecule has 214 valence electrons. The molecule has 0 unspecified atom stereocenters. The van der Waals surface area contributed by atoms with E-state index in [0.717, 1.165) is 34.6 Å². The Morgan fingerprint density at radius 3 is 2.15 bits per heavy atom. The molecule has 0 saturated heterocycles. The predicted octanol–water partition coefficient (Wildman–Crippen LogP) is 5.86. The average Bonchev–Trinajstić information content (AvgIpc) is 3.37. The van der Waals surface area contributed by atoms with Crippen LogP contribution < -0.4 is 21.3 Å². The van der Waals surface area contributed by atoms with Gasteiger partial charge in [0, 0.05) is 42.4 Å². The van der Waals surface area contributed by atoms with Crippen molar-refractivity contribution in [1.82, 2.24) is 9.55 Å². The van der Waals surface area contributed by atoms with E-state index in [1.165, 1.54) is 18.3 Å². The fourth-order valence-electron chi connectivity index (χ4n) is 3.62. The van der Waals surface area contributed by atoms with Gasteiger partial charge in [-0.25, -0.2) is 4.98 Å². The van der Waals surface area contributed by atoms with Crippen LogP contribution in [0.25, 0.3) is 0 Å². The first-order valence-electron chi connectivity index (χ1n) is 12.3. The number of imidazole rings is 1. The first kappa shape index (κ1) is 30.4. The van der Waals surface area contributed by atoms with E-state index >= 15 is 0 Å².